The standard InChI is InChI=1S/C14H14Cl2N2S/c15-9-5-4-8(10(16)7-9)6-13-18-14-11(17)2-1-3-12(14)19-13/h4-5,7,11H,1-3,6,17H2. The quantitative estimate of drug-likeness (QED) is 0.894. The van der Waals surface area contributed by atoms with Gasteiger partial charge in [-0.1, -0.05) is 29.3 Å². The first-order valence-electron chi connectivity index (χ1n) is 6.31. The lowest BCUT2D eigenvalue weighted by molar-refractivity contribution is 0.562. The molecule has 2 nitrogen and oxygen atoms in total. The number of thiazole rings is 1. The Labute approximate surface area is 126 Å². The predicted molar refractivity (Wildman–Crippen MR) is 81.2 cm³/mol. The molecule has 0 aliphatic heterocycles. The van der Waals surface area contributed by atoms with Crippen LogP contribution >= 0.6 is 34.5 Å². The second-order valence-electron chi connectivity index (χ2n) is 4.83. The number of hydrogen-bond donors (Lipinski definition) is 1. The fourth-order valence-corrected chi connectivity index (χ4v) is 4.09. The molecule has 0 bridgehead atoms. The lowest BCUT2D eigenvalue weighted by atomic mass is 9.99. The summed E-state index contributed by atoms with van der Waals surface area (Å²) < 4.78 is 0. The maximum Gasteiger partial charge on any atom is 0.0976 e. The molecule has 1 aliphatic rings. The van der Waals surface area contributed by atoms with E-state index in [1.165, 1.54) is 4.88 Å². The third-order valence-corrected chi connectivity index (χ3v) is 5.12. The zero-order chi connectivity index (χ0) is 13.4. The van der Waals surface area contributed by atoms with Gasteiger partial charge in [-0.3, -0.25) is 0 Å². The monoisotopic (exact) mass is 312 g/mol. The van der Waals surface area contributed by atoms with Crippen LogP contribution in [0.15, 0.2) is 18.2 Å². The number of halogens is 2. The molecule has 0 spiro atoms. The van der Waals surface area contributed by atoms with Crippen LogP contribution in [-0.2, 0) is 12.8 Å². The number of rotatable bonds is 2. The molecule has 19 heavy (non-hydrogen) atoms. The van der Waals surface area contributed by atoms with Crippen LogP contribution in [-0.4, -0.2) is 4.98 Å². The van der Waals surface area contributed by atoms with Gasteiger partial charge in [-0.25, -0.2) is 4.98 Å². The molecule has 1 atom stereocenters. The van der Waals surface area contributed by atoms with Crippen LogP contribution < -0.4 is 5.73 Å². The lowest BCUT2D eigenvalue weighted by Gasteiger charge is -2.15. The number of fused-ring (bicyclic) bond motifs is 1. The third kappa shape index (κ3) is 2.79. The van der Waals surface area contributed by atoms with Gasteiger partial charge in [0.25, 0.3) is 0 Å². The van der Waals surface area contributed by atoms with Crippen LogP contribution in [0.25, 0.3) is 0 Å². The van der Waals surface area contributed by atoms with Crippen LogP contribution in [0, 0.1) is 0 Å². The van der Waals surface area contributed by atoms with Gasteiger partial charge in [-0.2, -0.15) is 0 Å². The molecule has 0 saturated heterocycles. The minimum atomic E-state index is 0.106. The van der Waals surface area contributed by atoms with Crippen molar-refractivity contribution in [3.8, 4) is 0 Å². The number of aryl methyl sites for hydroxylation is 1. The van der Waals surface area contributed by atoms with Crippen molar-refractivity contribution in [1.82, 2.24) is 4.98 Å². The number of nitrogens with two attached hydrogens (primary N) is 1. The molecule has 1 aliphatic carbocycles. The summed E-state index contributed by atoms with van der Waals surface area (Å²) in [5, 5.41) is 2.45. The van der Waals surface area contributed by atoms with Gasteiger partial charge in [0, 0.05) is 27.4 Å². The molecule has 1 aromatic carbocycles. The topological polar surface area (TPSA) is 38.9 Å². The maximum absolute atomic E-state index is 6.20. The van der Waals surface area contributed by atoms with E-state index in [0.717, 1.165) is 41.9 Å². The van der Waals surface area contributed by atoms with E-state index < -0.39 is 0 Å². The molecule has 1 aromatic heterocycles. The van der Waals surface area contributed by atoms with Gasteiger partial charge in [0.1, 0.15) is 0 Å². The van der Waals surface area contributed by atoms with Crippen molar-refractivity contribution in [3.05, 3.63) is 49.4 Å². The van der Waals surface area contributed by atoms with Gasteiger partial charge >= 0.3 is 0 Å². The van der Waals surface area contributed by atoms with Crippen LogP contribution in [0.4, 0.5) is 0 Å². The predicted octanol–water partition coefficient (Wildman–Crippen LogP) is 4.38. The van der Waals surface area contributed by atoms with E-state index >= 15 is 0 Å². The highest BCUT2D eigenvalue weighted by Crippen LogP contribution is 2.33. The fraction of sp³-hybridized carbons (Fsp3) is 0.357. The molecular formula is C14H14Cl2N2S. The van der Waals surface area contributed by atoms with Gasteiger partial charge in [0.15, 0.2) is 0 Å². The van der Waals surface area contributed by atoms with Crippen LogP contribution in [0.5, 0.6) is 0 Å². The van der Waals surface area contributed by atoms with Crippen molar-refractivity contribution in [2.24, 2.45) is 5.73 Å². The summed E-state index contributed by atoms with van der Waals surface area (Å²) in [6.45, 7) is 0. The highest BCUT2D eigenvalue weighted by Gasteiger charge is 2.21. The molecule has 2 aromatic rings. The van der Waals surface area contributed by atoms with E-state index in [9.17, 15) is 0 Å². The van der Waals surface area contributed by atoms with Crippen LogP contribution in [0.3, 0.4) is 0 Å². The summed E-state index contributed by atoms with van der Waals surface area (Å²) in [6.07, 6.45) is 4.06. The fourth-order valence-electron chi connectivity index (χ4n) is 2.41. The Morgan fingerprint density at radius 1 is 1.37 bits per heavy atom. The van der Waals surface area contributed by atoms with Crippen molar-refractivity contribution < 1.29 is 0 Å². The van der Waals surface area contributed by atoms with E-state index in [1.807, 2.05) is 12.1 Å². The summed E-state index contributed by atoms with van der Waals surface area (Å²) >= 11 is 13.9. The van der Waals surface area contributed by atoms with E-state index in [1.54, 1.807) is 17.4 Å². The summed E-state index contributed by atoms with van der Waals surface area (Å²) in [7, 11) is 0. The van der Waals surface area contributed by atoms with Gasteiger partial charge in [-0.05, 0) is 37.0 Å². The molecule has 0 fully saturated rings. The molecule has 0 radical (unpaired) electrons. The molecule has 5 heteroatoms. The van der Waals surface area contributed by atoms with E-state index in [-0.39, 0.29) is 6.04 Å². The Morgan fingerprint density at radius 3 is 2.95 bits per heavy atom. The maximum atomic E-state index is 6.20. The Balaban J connectivity index is 1.87. The average Bonchev–Trinajstić information content (AvgIpc) is 2.77. The first kappa shape index (κ1) is 13.4. The van der Waals surface area contributed by atoms with Gasteiger partial charge < -0.3 is 5.73 Å². The Morgan fingerprint density at radius 2 is 2.21 bits per heavy atom. The first-order chi connectivity index (χ1) is 9.13. The van der Waals surface area contributed by atoms with Crippen LogP contribution in [0.1, 0.15) is 40.0 Å². The summed E-state index contributed by atoms with van der Waals surface area (Å²) in [6, 6.07) is 5.71. The summed E-state index contributed by atoms with van der Waals surface area (Å²) in [5.74, 6) is 0. The molecule has 0 saturated carbocycles. The van der Waals surface area contributed by atoms with E-state index in [0.29, 0.717) is 10.0 Å². The Kier molecular flexibility index (Phi) is 3.81. The Bertz CT molecular complexity index is 609. The SMILES string of the molecule is NC1CCCc2sc(Cc3ccc(Cl)cc3Cl)nc21. The molecule has 1 heterocycles. The molecule has 2 N–H and O–H groups in total. The molecule has 1 unspecified atom stereocenters. The van der Waals surface area contributed by atoms with Crippen molar-refractivity contribution in [1.29, 1.82) is 0 Å². The number of hydrogen-bond acceptors (Lipinski definition) is 3. The van der Waals surface area contributed by atoms with Gasteiger partial charge in [-0.15, -0.1) is 11.3 Å². The van der Waals surface area contributed by atoms with Gasteiger partial charge in [0.2, 0.25) is 0 Å². The molecule has 0 amide bonds. The third-order valence-electron chi connectivity index (χ3n) is 3.40. The zero-order valence-corrected chi connectivity index (χ0v) is 12.7. The number of benzene rings is 1. The van der Waals surface area contributed by atoms with E-state index in [4.69, 9.17) is 33.9 Å². The molecule has 100 valence electrons. The number of nitrogens with zero attached hydrogens (tertiary/aromatic N) is 1. The Hall–Kier alpha value is -0.610. The molecule has 3 rings (SSSR count). The largest absolute Gasteiger partial charge is 0.323 e. The summed E-state index contributed by atoms with van der Waals surface area (Å²) in [5.41, 5.74) is 8.26. The highest BCUT2D eigenvalue weighted by molar-refractivity contribution is 7.11. The minimum absolute atomic E-state index is 0.106. The highest BCUT2D eigenvalue weighted by atomic mass is 35.5. The second-order valence-corrected chi connectivity index (χ2v) is 6.84. The normalized spacial score (nSPS) is 18.4. The average molecular weight is 313 g/mol. The molecular weight excluding hydrogens is 299 g/mol. The van der Waals surface area contributed by atoms with Crippen molar-refractivity contribution >= 4 is 34.5 Å². The smallest absolute Gasteiger partial charge is 0.0976 e. The van der Waals surface area contributed by atoms with Crippen molar-refractivity contribution in [2.45, 2.75) is 31.7 Å². The second kappa shape index (κ2) is 5.41. The zero-order valence-electron chi connectivity index (χ0n) is 10.3. The first-order valence-corrected chi connectivity index (χ1v) is 7.88. The summed E-state index contributed by atoms with van der Waals surface area (Å²) in [4.78, 5) is 6.04. The minimum Gasteiger partial charge on any atom is -0.323 e. The van der Waals surface area contributed by atoms with Gasteiger partial charge in [0.05, 0.1) is 10.7 Å². The van der Waals surface area contributed by atoms with Crippen molar-refractivity contribution in [3.63, 3.8) is 0 Å². The lowest BCUT2D eigenvalue weighted by Crippen LogP contribution is -2.16. The van der Waals surface area contributed by atoms with E-state index in [2.05, 4.69) is 0 Å². The van der Waals surface area contributed by atoms with Crippen LogP contribution in [0.2, 0.25) is 10.0 Å². The number of aromatic nitrogens is 1. The van der Waals surface area contributed by atoms with Crippen molar-refractivity contribution in [2.75, 3.05) is 0 Å².